The second kappa shape index (κ2) is 11.9. The highest BCUT2D eigenvalue weighted by atomic mass is 16.2. The van der Waals surface area contributed by atoms with Crippen molar-refractivity contribution in [3.8, 4) is 0 Å². The zero-order valence-electron chi connectivity index (χ0n) is 19.6. The highest BCUT2D eigenvalue weighted by Gasteiger charge is 2.19. The van der Waals surface area contributed by atoms with E-state index in [1.807, 2.05) is 30.9 Å². The summed E-state index contributed by atoms with van der Waals surface area (Å²) in [6.45, 7) is 11.3. The van der Waals surface area contributed by atoms with Crippen LogP contribution in [0.5, 0.6) is 0 Å². The predicted molar refractivity (Wildman–Crippen MR) is 131 cm³/mol. The molecule has 1 saturated heterocycles. The fraction of sp³-hybridized carbons (Fsp3) is 0.464. The molecule has 0 atom stereocenters. The molecule has 2 aromatic rings. The zero-order valence-corrected chi connectivity index (χ0v) is 19.6. The summed E-state index contributed by atoms with van der Waals surface area (Å²) in [5.41, 5.74) is 6.17. The Bertz CT molecular complexity index is 840. The molecule has 166 valence electrons. The summed E-state index contributed by atoms with van der Waals surface area (Å²) in [4.78, 5) is 17.2. The zero-order chi connectivity index (χ0) is 22.1. The predicted octanol–water partition coefficient (Wildman–Crippen LogP) is 6.26. The molecule has 3 rings (SSSR count). The molecule has 0 aromatic heterocycles. The van der Waals surface area contributed by atoms with E-state index in [1.165, 1.54) is 42.5 Å². The number of rotatable bonds is 9. The average Bonchev–Trinajstić information content (AvgIpc) is 2.82. The van der Waals surface area contributed by atoms with Crippen molar-refractivity contribution >= 4 is 11.5 Å². The van der Waals surface area contributed by atoms with E-state index in [4.69, 9.17) is 0 Å². The quantitative estimate of drug-likeness (QED) is 0.449. The molecule has 1 aliphatic rings. The largest absolute Gasteiger partial charge is 0.339 e. The van der Waals surface area contributed by atoms with Crippen LogP contribution in [0.4, 0.5) is 0 Å². The number of amides is 1. The van der Waals surface area contributed by atoms with Gasteiger partial charge in [0.25, 0.3) is 5.91 Å². The molecular weight excluding hydrogens is 380 g/mol. The van der Waals surface area contributed by atoms with Crippen molar-refractivity contribution < 1.29 is 4.79 Å². The van der Waals surface area contributed by atoms with Crippen LogP contribution in [0.2, 0.25) is 0 Å². The first-order valence-corrected chi connectivity index (χ1v) is 12.1. The summed E-state index contributed by atoms with van der Waals surface area (Å²) in [6.07, 6.45) is 6.16. The topological polar surface area (TPSA) is 23.6 Å². The van der Waals surface area contributed by atoms with E-state index >= 15 is 0 Å². The van der Waals surface area contributed by atoms with Gasteiger partial charge < -0.3 is 9.80 Å². The number of hydrogen-bond donors (Lipinski definition) is 0. The molecule has 0 saturated carbocycles. The van der Waals surface area contributed by atoms with Crippen molar-refractivity contribution in [3.05, 3.63) is 76.9 Å². The maximum absolute atomic E-state index is 12.7. The number of hydrogen-bond acceptors (Lipinski definition) is 2. The smallest absolute Gasteiger partial charge is 0.253 e. The Morgan fingerprint density at radius 2 is 1.39 bits per heavy atom. The van der Waals surface area contributed by atoms with Crippen LogP contribution in [-0.2, 0) is 0 Å². The molecule has 3 nitrogen and oxygen atoms in total. The minimum absolute atomic E-state index is 0.117. The van der Waals surface area contributed by atoms with E-state index in [0.717, 1.165) is 44.6 Å². The molecule has 0 unspecified atom stereocenters. The Balaban J connectivity index is 1.84. The Kier molecular flexibility index (Phi) is 8.90. The molecule has 0 aliphatic carbocycles. The van der Waals surface area contributed by atoms with Crippen LogP contribution in [0.3, 0.4) is 0 Å². The molecule has 1 fully saturated rings. The lowest BCUT2D eigenvalue weighted by molar-refractivity contribution is 0.0773. The van der Waals surface area contributed by atoms with Crippen LogP contribution >= 0.6 is 0 Å². The van der Waals surface area contributed by atoms with Crippen molar-refractivity contribution in [1.29, 1.82) is 0 Å². The van der Waals surface area contributed by atoms with Gasteiger partial charge in [-0.2, -0.15) is 0 Å². The summed E-state index contributed by atoms with van der Waals surface area (Å²) < 4.78 is 0. The second-order valence-corrected chi connectivity index (χ2v) is 8.45. The van der Waals surface area contributed by atoms with Crippen molar-refractivity contribution in [3.63, 3.8) is 0 Å². The summed E-state index contributed by atoms with van der Waals surface area (Å²) in [7, 11) is 0. The lowest BCUT2D eigenvalue weighted by Gasteiger charge is -2.30. The van der Waals surface area contributed by atoms with Gasteiger partial charge in [-0.25, -0.2) is 0 Å². The number of carbonyl (C=O) groups excluding carboxylic acids is 1. The monoisotopic (exact) mass is 418 g/mol. The molecule has 1 heterocycles. The van der Waals surface area contributed by atoms with E-state index in [2.05, 4.69) is 54.3 Å². The van der Waals surface area contributed by atoms with Crippen molar-refractivity contribution in [2.75, 3.05) is 32.7 Å². The standard InChI is InChI=1S/C28H38N2O/c1-4-7-11-20-29-21-18-25(19-22-29)27(23-12-9-8-10-13-23)24-14-16-26(17-15-24)28(31)30(5-2)6-3/h8-10,12-17H,4-7,11,18-22H2,1-3H3. The molecule has 31 heavy (non-hydrogen) atoms. The second-order valence-electron chi connectivity index (χ2n) is 8.45. The Hall–Kier alpha value is -2.39. The summed E-state index contributed by atoms with van der Waals surface area (Å²) in [5.74, 6) is 0.117. The van der Waals surface area contributed by atoms with E-state index in [9.17, 15) is 4.79 Å². The van der Waals surface area contributed by atoms with Crippen molar-refractivity contribution in [1.82, 2.24) is 9.80 Å². The van der Waals surface area contributed by atoms with Gasteiger partial charge in [-0.05, 0) is 68.5 Å². The first-order valence-electron chi connectivity index (χ1n) is 12.1. The number of carbonyl (C=O) groups is 1. The third-order valence-electron chi connectivity index (χ3n) is 6.42. The maximum atomic E-state index is 12.7. The van der Waals surface area contributed by atoms with Gasteiger partial charge in [-0.3, -0.25) is 4.79 Å². The molecular formula is C28H38N2O. The highest BCUT2D eigenvalue weighted by molar-refractivity contribution is 5.95. The van der Waals surface area contributed by atoms with Crippen LogP contribution in [0.25, 0.3) is 5.57 Å². The minimum atomic E-state index is 0.117. The molecule has 2 aromatic carbocycles. The average molecular weight is 419 g/mol. The van der Waals surface area contributed by atoms with Gasteiger partial charge in [0.05, 0.1) is 0 Å². The number of unbranched alkanes of at least 4 members (excludes halogenated alkanes) is 2. The number of benzene rings is 2. The highest BCUT2D eigenvalue weighted by Crippen LogP contribution is 2.32. The number of nitrogens with zero attached hydrogens (tertiary/aromatic N) is 2. The van der Waals surface area contributed by atoms with Gasteiger partial charge in [0, 0.05) is 31.7 Å². The first-order chi connectivity index (χ1) is 15.2. The molecule has 0 bridgehead atoms. The Morgan fingerprint density at radius 1 is 0.806 bits per heavy atom. The normalized spacial score (nSPS) is 14.5. The van der Waals surface area contributed by atoms with Gasteiger partial charge in [0.2, 0.25) is 0 Å². The van der Waals surface area contributed by atoms with Crippen LogP contribution in [0.15, 0.2) is 60.2 Å². The third kappa shape index (κ3) is 6.07. The third-order valence-corrected chi connectivity index (χ3v) is 6.42. The molecule has 0 radical (unpaired) electrons. The summed E-state index contributed by atoms with van der Waals surface area (Å²) >= 11 is 0. The lowest BCUT2D eigenvalue weighted by Crippen LogP contribution is -2.32. The van der Waals surface area contributed by atoms with Gasteiger partial charge in [-0.15, -0.1) is 0 Å². The SMILES string of the molecule is CCCCCN1CCC(=C(c2ccccc2)c2ccc(C(=O)N(CC)CC)cc2)CC1. The van der Waals surface area contributed by atoms with Crippen molar-refractivity contribution in [2.24, 2.45) is 0 Å². The van der Waals surface area contributed by atoms with Crippen LogP contribution < -0.4 is 0 Å². The maximum Gasteiger partial charge on any atom is 0.253 e. The van der Waals surface area contributed by atoms with E-state index in [-0.39, 0.29) is 5.91 Å². The van der Waals surface area contributed by atoms with Crippen LogP contribution in [0.1, 0.15) is 74.4 Å². The fourth-order valence-electron chi connectivity index (χ4n) is 4.53. The minimum Gasteiger partial charge on any atom is -0.339 e. The van der Waals surface area contributed by atoms with Crippen LogP contribution in [0, 0.1) is 0 Å². The van der Waals surface area contributed by atoms with Crippen LogP contribution in [-0.4, -0.2) is 48.4 Å². The van der Waals surface area contributed by atoms with Gasteiger partial charge in [-0.1, -0.05) is 67.8 Å². The first kappa shape index (κ1) is 23.3. The molecule has 1 aliphatic heterocycles. The fourth-order valence-corrected chi connectivity index (χ4v) is 4.53. The lowest BCUT2D eigenvalue weighted by atomic mass is 9.88. The summed E-state index contributed by atoms with van der Waals surface area (Å²) in [5, 5.41) is 0. The summed E-state index contributed by atoms with van der Waals surface area (Å²) in [6, 6.07) is 19.0. The van der Waals surface area contributed by atoms with E-state index in [0.29, 0.717) is 0 Å². The Morgan fingerprint density at radius 3 is 1.97 bits per heavy atom. The molecule has 3 heteroatoms. The van der Waals surface area contributed by atoms with E-state index < -0.39 is 0 Å². The number of piperidine rings is 1. The van der Waals surface area contributed by atoms with E-state index in [1.54, 1.807) is 5.57 Å². The van der Waals surface area contributed by atoms with Gasteiger partial charge >= 0.3 is 0 Å². The molecule has 0 N–H and O–H groups in total. The molecule has 0 spiro atoms. The number of likely N-dealkylation sites (tertiary alicyclic amines) is 1. The van der Waals surface area contributed by atoms with Gasteiger partial charge in [0.15, 0.2) is 0 Å². The van der Waals surface area contributed by atoms with Gasteiger partial charge in [0.1, 0.15) is 0 Å². The Labute approximate surface area is 188 Å². The van der Waals surface area contributed by atoms with Crippen molar-refractivity contribution in [2.45, 2.75) is 52.9 Å². The molecule has 1 amide bonds.